The number of hydrazone groups is 1. The summed E-state index contributed by atoms with van der Waals surface area (Å²) in [6.07, 6.45) is 1.68. The number of nitrogens with one attached hydrogen (secondary N) is 1. The first-order chi connectivity index (χ1) is 11.2. The molecule has 1 aliphatic carbocycles. The molecular weight excluding hydrogens is 388 g/mol. The van der Waals surface area contributed by atoms with Crippen LogP contribution in [0.15, 0.2) is 26.6 Å². The monoisotopic (exact) mass is 410 g/mol. The molecule has 0 aromatic heterocycles. The molecule has 24 heavy (non-hydrogen) atoms. The van der Waals surface area contributed by atoms with Crippen LogP contribution in [0.3, 0.4) is 0 Å². The lowest BCUT2D eigenvalue weighted by atomic mass is 9.76. The molecule has 1 aromatic rings. The molecule has 0 spiro atoms. The zero-order chi connectivity index (χ0) is 17.9. The van der Waals surface area contributed by atoms with Gasteiger partial charge in [0.05, 0.1) is 5.75 Å². The van der Waals surface area contributed by atoms with Crippen LogP contribution in [-0.2, 0) is 9.59 Å². The van der Waals surface area contributed by atoms with Gasteiger partial charge >= 0.3 is 0 Å². The van der Waals surface area contributed by atoms with Gasteiger partial charge < -0.3 is 0 Å². The highest BCUT2D eigenvalue weighted by Crippen LogP contribution is 2.31. The molecule has 1 N–H and O–H groups in total. The van der Waals surface area contributed by atoms with Gasteiger partial charge in [0.1, 0.15) is 5.78 Å². The number of carbonyl (C=O) groups is 2. The minimum atomic E-state index is -0.150. The van der Waals surface area contributed by atoms with E-state index in [1.165, 1.54) is 11.8 Å². The van der Waals surface area contributed by atoms with Gasteiger partial charge in [-0.15, -0.1) is 11.8 Å². The molecule has 6 heteroatoms. The average molecular weight is 411 g/mol. The van der Waals surface area contributed by atoms with Gasteiger partial charge in [-0.25, -0.2) is 5.43 Å². The van der Waals surface area contributed by atoms with Gasteiger partial charge in [-0.3, -0.25) is 9.59 Å². The topological polar surface area (TPSA) is 58.5 Å². The number of amides is 1. The van der Waals surface area contributed by atoms with Crippen LogP contribution in [0.4, 0.5) is 0 Å². The van der Waals surface area contributed by atoms with Crippen LogP contribution >= 0.6 is 27.7 Å². The number of benzene rings is 1. The predicted octanol–water partition coefficient (Wildman–Crippen LogP) is 4.41. The highest BCUT2D eigenvalue weighted by atomic mass is 79.9. The van der Waals surface area contributed by atoms with E-state index in [2.05, 4.69) is 52.4 Å². The van der Waals surface area contributed by atoms with Crippen LogP contribution in [0.25, 0.3) is 0 Å². The number of carbonyl (C=O) groups excluding carboxylic acids is 2. The number of hydrogen-bond acceptors (Lipinski definition) is 4. The molecule has 1 saturated carbocycles. The number of Topliss-reactive ketones (excluding diaryl/α,β-unsaturated/α-hetero) is 1. The molecule has 1 amide bonds. The first-order valence-electron chi connectivity index (χ1n) is 7.92. The van der Waals surface area contributed by atoms with Gasteiger partial charge in [0, 0.05) is 27.9 Å². The van der Waals surface area contributed by atoms with E-state index in [0.717, 1.165) is 32.6 Å². The fraction of sp³-hybridized carbons (Fsp3) is 0.500. The molecule has 0 saturated heterocycles. The van der Waals surface area contributed by atoms with Gasteiger partial charge in [-0.2, -0.15) is 5.10 Å². The van der Waals surface area contributed by atoms with Crippen LogP contribution in [-0.4, -0.2) is 23.2 Å². The second kappa shape index (κ2) is 7.83. The summed E-state index contributed by atoms with van der Waals surface area (Å²) in [5.74, 6) is 0.341. The van der Waals surface area contributed by atoms with Crippen molar-refractivity contribution in [3.8, 4) is 0 Å². The molecule has 0 atom stereocenters. The maximum Gasteiger partial charge on any atom is 0.250 e. The van der Waals surface area contributed by atoms with Crippen molar-refractivity contribution in [2.24, 2.45) is 10.5 Å². The molecule has 2 rings (SSSR count). The van der Waals surface area contributed by atoms with E-state index in [9.17, 15) is 9.59 Å². The second-order valence-electron chi connectivity index (χ2n) is 7.10. The minimum absolute atomic E-state index is 0.0697. The SMILES string of the molecule is Cc1cc(SCC(=O)N/N=C2/CC(=O)CC(C)(C)C2)c(C)cc1Br. The number of nitrogens with zero attached hydrogens (tertiary/aromatic N) is 1. The molecule has 1 aliphatic rings. The molecule has 0 radical (unpaired) electrons. The number of thioether (sulfide) groups is 1. The second-order valence-corrected chi connectivity index (χ2v) is 8.97. The fourth-order valence-electron chi connectivity index (χ4n) is 2.81. The van der Waals surface area contributed by atoms with E-state index in [0.29, 0.717) is 18.6 Å². The third-order valence-corrected chi connectivity index (χ3v) is 5.92. The highest BCUT2D eigenvalue weighted by molar-refractivity contribution is 9.10. The van der Waals surface area contributed by atoms with Crippen molar-refractivity contribution in [3.63, 3.8) is 0 Å². The largest absolute Gasteiger partial charge is 0.299 e. The summed E-state index contributed by atoms with van der Waals surface area (Å²) in [6.45, 7) is 8.16. The first-order valence-corrected chi connectivity index (χ1v) is 9.70. The summed E-state index contributed by atoms with van der Waals surface area (Å²) in [6, 6.07) is 4.14. The van der Waals surface area contributed by atoms with E-state index in [4.69, 9.17) is 0 Å². The summed E-state index contributed by atoms with van der Waals surface area (Å²) in [5, 5.41) is 4.17. The molecule has 1 aromatic carbocycles. The van der Waals surface area contributed by atoms with Crippen molar-refractivity contribution < 1.29 is 9.59 Å². The lowest BCUT2D eigenvalue weighted by Crippen LogP contribution is -2.31. The van der Waals surface area contributed by atoms with E-state index < -0.39 is 0 Å². The first kappa shape index (κ1) is 19.2. The Morgan fingerprint density at radius 3 is 2.67 bits per heavy atom. The number of halogens is 1. The van der Waals surface area contributed by atoms with Crippen molar-refractivity contribution in [2.75, 3.05) is 5.75 Å². The predicted molar refractivity (Wildman–Crippen MR) is 103 cm³/mol. The molecule has 4 nitrogen and oxygen atoms in total. The lowest BCUT2D eigenvalue weighted by molar-refractivity contribution is -0.121. The van der Waals surface area contributed by atoms with E-state index in [1.54, 1.807) is 0 Å². The quantitative estimate of drug-likeness (QED) is 0.590. The van der Waals surface area contributed by atoms with Gasteiger partial charge in [0.25, 0.3) is 0 Å². The van der Waals surface area contributed by atoms with Gasteiger partial charge in [-0.05, 0) is 48.9 Å². The maximum absolute atomic E-state index is 12.0. The molecule has 0 aliphatic heterocycles. The number of hydrogen-bond donors (Lipinski definition) is 1. The minimum Gasteiger partial charge on any atom is -0.299 e. The fourth-order valence-corrected chi connectivity index (χ4v) is 4.16. The molecular formula is C18H23BrN2O2S. The summed E-state index contributed by atoms with van der Waals surface area (Å²) < 4.78 is 1.07. The normalized spacial score (nSPS) is 18.7. The number of aryl methyl sites for hydroxylation is 2. The molecule has 130 valence electrons. The molecule has 1 fully saturated rings. The zero-order valence-electron chi connectivity index (χ0n) is 14.5. The Labute approximate surface area is 156 Å². The summed E-state index contributed by atoms with van der Waals surface area (Å²) in [7, 11) is 0. The summed E-state index contributed by atoms with van der Waals surface area (Å²) >= 11 is 5.01. The Morgan fingerprint density at radius 2 is 2.00 bits per heavy atom. The van der Waals surface area contributed by atoms with E-state index in [-0.39, 0.29) is 17.1 Å². The third-order valence-electron chi connectivity index (χ3n) is 3.91. The van der Waals surface area contributed by atoms with Crippen molar-refractivity contribution >= 4 is 45.1 Å². The molecule has 0 bridgehead atoms. The Morgan fingerprint density at radius 1 is 1.29 bits per heavy atom. The van der Waals surface area contributed by atoms with Crippen molar-refractivity contribution in [1.29, 1.82) is 0 Å². The number of ketones is 1. The van der Waals surface area contributed by atoms with Crippen LogP contribution in [0.2, 0.25) is 0 Å². The van der Waals surface area contributed by atoms with Crippen molar-refractivity contribution in [2.45, 2.75) is 51.9 Å². The molecule has 0 unspecified atom stereocenters. The van der Waals surface area contributed by atoms with Crippen molar-refractivity contribution in [3.05, 3.63) is 27.7 Å². The van der Waals surface area contributed by atoms with E-state index >= 15 is 0 Å². The molecule has 0 heterocycles. The van der Waals surface area contributed by atoms with Crippen LogP contribution in [0, 0.1) is 19.3 Å². The smallest absolute Gasteiger partial charge is 0.250 e. The van der Waals surface area contributed by atoms with Crippen LogP contribution in [0.5, 0.6) is 0 Å². The average Bonchev–Trinajstić information content (AvgIpc) is 2.45. The van der Waals surface area contributed by atoms with Gasteiger partial charge in [0.15, 0.2) is 0 Å². The summed E-state index contributed by atoms with van der Waals surface area (Å²) in [5.41, 5.74) is 5.57. The summed E-state index contributed by atoms with van der Waals surface area (Å²) in [4.78, 5) is 24.9. The van der Waals surface area contributed by atoms with E-state index in [1.807, 2.05) is 13.8 Å². The lowest BCUT2D eigenvalue weighted by Gasteiger charge is -2.28. The van der Waals surface area contributed by atoms with Crippen molar-refractivity contribution in [1.82, 2.24) is 5.43 Å². The maximum atomic E-state index is 12.0. The Bertz CT molecular complexity index is 699. The standard InChI is InChI=1S/C18H23BrN2O2S/c1-11-6-16(12(2)5-15(11)19)24-10-17(23)21-20-13-7-14(22)9-18(3,4)8-13/h5-6H,7-10H2,1-4H3,(H,21,23)/b20-13-. The Hall–Kier alpha value is -1.14. The highest BCUT2D eigenvalue weighted by Gasteiger charge is 2.30. The Balaban J connectivity index is 1.91. The van der Waals surface area contributed by atoms with Gasteiger partial charge in [0.2, 0.25) is 5.91 Å². The number of rotatable bonds is 4. The zero-order valence-corrected chi connectivity index (χ0v) is 16.9. The van der Waals surface area contributed by atoms with Gasteiger partial charge in [-0.1, -0.05) is 29.8 Å². The Kier molecular flexibility index (Phi) is 6.26. The van der Waals surface area contributed by atoms with Crippen LogP contribution < -0.4 is 5.43 Å². The third kappa shape index (κ3) is 5.45. The van der Waals surface area contributed by atoms with Crippen LogP contribution in [0.1, 0.15) is 44.2 Å².